The fourth-order valence-electron chi connectivity index (χ4n) is 3.89. The van der Waals surface area contributed by atoms with Gasteiger partial charge in [-0.1, -0.05) is 11.6 Å². The summed E-state index contributed by atoms with van der Waals surface area (Å²) in [6.07, 6.45) is 4.50. The maximum atomic E-state index is 12.6. The summed E-state index contributed by atoms with van der Waals surface area (Å²) < 4.78 is 7.44. The predicted octanol–water partition coefficient (Wildman–Crippen LogP) is 1.28. The van der Waals surface area contributed by atoms with Crippen molar-refractivity contribution in [1.29, 1.82) is 0 Å². The predicted molar refractivity (Wildman–Crippen MR) is 100 cm³/mol. The molecule has 0 bridgehead atoms. The van der Waals surface area contributed by atoms with Crippen molar-refractivity contribution in [3.8, 4) is 0 Å². The number of carbonyl (C=O) groups excluding carboxylic acids is 1. The van der Waals surface area contributed by atoms with Gasteiger partial charge in [0.25, 0.3) is 0 Å². The van der Waals surface area contributed by atoms with Gasteiger partial charge in [0.05, 0.1) is 12.6 Å². The fourth-order valence-corrected chi connectivity index (χ4v) is 3.89. The molecule has 152 valence electrons. The van der Waals surface area contributed by atoms with Gasteiger partial charge in [-0.05, 0) is 26.7 Å². The zero-order valence-electron chi connectivity index (χ0n) is 16.6. The molecule has 0 saturated carbocycles. The van der Waals surface area contributed by atoms with E-state index in [2.05, 4.69) is 42.0 Å². The number of hydrogen-bond acceptors (Lipinski definition) is 7. The second kappa shape index (κ2) is 8.26. The average Bonchev–Trinajstić information content (AvgIpc) is 3.24. The monoisotopic (exact) mass is 388 g/mol. The van der Waals surface area contributed by atoms with Crippen LogP contribution >= 0.6 is 0 Å². The van der Waals surface area contributed by atoms with Gasteiger partial charge in [-0.2, -0.15) is 4.98 Å². The Morgan fingerprint density at radius 2 is 1.96 bits per heavy atom. The molecule has 1 unspecified atom stereocenters. The van der Waals surface area contributed by atoms with Crippen LogP contribution in [-0.2, 0) is 19.5 Å². The summed E-state index contributed by atoms with van der Waals surface area (Å²) in [7, 11) is 0. The number of rotatable bonds is 4. The Bertz CT molecular complexity index is 808. The lowest BCUT2D eigenvalue weighted by atomic mass is 10.2. The van der Waals surface area contributed by atoms with Gasteiger partial charge < -0.3 is 19.3 Å². The molecule has 2 amide bonds. The number of carbonyl (C=O) groups is 1. The molecule has 10 heteroatoms. The molecule has 2 aliphatic heterocycles. The van der Waals surface area contributed by atoms with Crippen molar-refractivity contribution >= 4 is 6.03 Å². The highest BCUT2D eigenvalue weighted by atomic mass is 16.5. The van der Waals surface area contributed by atoms with E-state index in [0.717, 1.165) is 50.5 Å². The zero-order valence-corrected chi connectivity index (χ0v) is 16.6. The van der Waals surface area contributed by atoms with E-state index in [1.165, 1.54) is 6.42 Å². The highest BCUT2D eigenvalue weighted by Crippen LogP contribution is 2.20. The van der Waals surface area contributed by atoms with Crippen LogP contribution in [0.1, 0.15) is 55.6 Å². The first-order chi connectivity index (χ1) is 13.6. The highest BCUT2D eigenvalue weighted by molar-refractivity contribution is 5.74. The number of urea groups is 1. The SMILES string of the molecule is Cc1noc(C(C)N2CCN(C(=O)NCc3nnc4n3CCCCC4)CC2)n1. The summed E-state index contributed by atoms with van der Waals surface area (Å²) in [6, 6.07) is 0.00442. The second-order valence-corrected chi connectivity index (χ2v) is 7.53. The lowest BCUT2D eigenvalue weighted by Crippen LogP contribution is -2.52. The molecule has 4 rings (SSSR count). The first-order valence-electron chi connectivity index (χ1n) is 10.1. The minimum absolute atomic E-state index is 0.0492. The summed E-state index contributed by atoms with van der Waals surface area (Å²) in [4.78, 5) is 21.0. The van der Waals surface area contributed by atoms with E-state index in [4.69, 9.17) is 4.52 Å². The molecule has 1 fully saturated rings. The molecule has 0 spiro atoms. The van der Waals surface area contributed by atoms with E-state index in [0.29, 0.717) is 31.3 Å². The van der Waals surface area contributed by atoms with Crippen LogP contribution in [0.2, 0.25) is 0 Å². The molecule has 1 saturated heterocycles. The highest BCUT2D eigenvalue weighted by Gasteiger charge is 2.27. The van der Waals surface area contributed by atoms with Crippen LogP contribution in [0.25, 0.3) is 0 Å². The molecular formula is C18H28N8O2. The number of fused-ring (bicyclic) bond motifs is 1. The van der Waals surface area contributed by atoms with Crippen LogP contribution in [0.15, 0.2) is 4.52 Å². The third-order valence-corrected chi connectivity index (χ3v) is 5.63. The average molecular weight is 388 g/mol. The minimum Gasteiger partial charge on any atom is -0.338 e. The van der Waals surface area contributed by atoms with Crippen LogP contribution in [0, 0.1) is 6.92 Å². The summed E-state index contributed by atoms with van der Waals surface area (Å²) >= 11 is 0. The number of nitrogens with zero attached hydrogens (tertiary/aromatic N) is 7. The van der Waals surface area contributed by atoms with Crippen LogP contribution in [0.4, 0.5) is 4.79 Å². The molecule has 0 aliphatic carbocycles. The first kappa shape index (κ1) is 18.9. The summed E-state index contributed by atoms with van der Waals surface area (Å²) in [5.41, 5.74) is 0. The Kier molecular flexibility index (Phi) is 5.56. The topological polar surface area (TPSA) is 105 Å². The van der Waals surface area contributed by atoms with E-state index in [-0.39, 0.29) is 12.1 Å². The number of aromatic nitrogens is 5. The summed E-state index contributed by atoms with van der Waals surface area (Å²) in [5, 5.41) is 15.4. The van der Waals surface area contributed by atoms with Crippen LogP contribution in [0.3, 0.4) is 0 Å². The molecule has 1 N–H and O–H groups in total. The second-order valence-electron chi connectivity index (χ2n) is 7.53. The Balaban J connectivity index is 1.27. The van der Waals surface area contributed by atoms with Crippen molar-refractivity contribution in [2.45, 2.75) is 58.7 Å². The molecule has 0 radical (unpaired) electrons. The smallest absolute Gasteiger partial charge is 0.317 e. The molecule has 2 aliphatic rings. The molecular weight excluding hydrogens is 360 g/mol. The molecule has 1 atom stereocenters. The van der Waals surface area contributed by atoms with Gasteiger partial charge in [-0.3, -0.25) is 4.90 Å². The first-order valence-corrected chi connectivity index (χ1v) is 10.1. The van der Waals surface area contributed by atoms with Gasteiger partial charge >= 0.3 is 6.03 Å². The van der Waals surface area contributed by atoms with Crippen molar-refractivity contribution in [2.24, 2.45) is 0 Å². The normalized spacial score (nSPS) is 19.1. The Hall–Kier alpha value is -2.49. The number of aryl methyl sites for hydroxylation is 2. The van der Waals surface area contributed by atoms with E-state index >= 15 is 0 Å². The van der Waals surface area contributed by atoms with Gasteiger partial charge in [0.1, 0.15) is 5.82 Å². The standard InChI is InChI=1S/C18H28N8O2/c1-13(17-20-14(2)23-28-17)24-8-10-25(11-9-24)18(27)19-12-16-22-21-15-6-4-3-5-7-26(15)16/h13H,3-12H2,1-2H3,(H,19,27). The van der Waals surface area contributed by atoms with Crippen LogP contribution in [-0.4, -0.2) is 66.9 Å². The minimum atomic E-state index is -0.0492. The maximum Gasteiger partial charge on any atom is 0.317 e. The number of hydrogen-bond donors (Lipinski definition) is 1. The van der Waals surface area contributed by atoms with Gasteiger partial charge in [0.15, 0.2) is 11.6 Å². The Labute approximate surface area is 164 Å². The Morgan fingerprint density at radius 1 is 1.14 bits per heavy atom. The van der Waals surface area contributed by atoms with Crippen molar-refractivity contribution < 1.29 is 9.32 Å². The van der Waals surface area contributed by atoms with Gasteiger partial charge in [0.2, 0.25) is 5.89 Å². The van der Waals surface area contributed by atoms with Gasteiger partial charge in [-0.25, -0.2) is 4.79 Å². The Morgan fingerprint density at radius 3 is 2.71 bits per heavy atom. The molecule has 2 aromatic rings. The summed E-state index contributed by atoms with van der Waals surface area (Å²) in [5.74, 6) is 3.17. The number of amides is 2. The van der Waals surface area contributed by atoms with Crippen molar-refractivity contribution in [2.75, 3.05) is 26.2 Å². The fraction of sp³-hybridized carbons (Fsp3) is 0.722. The molecule has 0 aromatic carbocycles. The van der Waals surface area contributed by atoms with Crippen LogP contribution < -0.4 is 5.32 Å². The zero-order chi connectivity index (χ0) is 19.5. The van der Waals surface area contributed by atoms with Crippen molar-refractivity contribution in [1.82, 2.24) is 40.0 Å². The van der Waals surface area contributed by atoms with Gasteiger partial charge in [-0.15, -0.1) is 10.2 Å². The van der Waals surface area contributed by atoms with E-state index in [1.807, 2.05) is 11.8 Å². The maximum absolute atomic E-state index is 12.6. The number of nitrogens with one attached hydrogen (secondary N) is 1. The molecule has 2 aromatic heterocycles. The molecule has 10 nitrogen and oxygen atoms in total. The third kappa shape index (κ3) is 4.01. The van der Waals surface area contributed by atoms with Crippen molar-refractivity contribution in [3.05, 3.63) is 23.4 Å². The lowest BCUT2D eigenvalue weighted by Gasteiger charge is -2.36. The lowest BCUT2D eigenvalue weighted by molar-refractivity contribution is 0.0998. The molecule has 4 heterocycles. The summed E-state index contributed by atoms with van der Waals surface area (Å²) in [6.45, 7) is 8.12. The number of piperazine rings is 1. The van der Waals surface area contributed by atoms with Crippen molar-refractivity contribution in [3.63, 3.8) is 0 Å². The quantitative estimate of drug-likeness (QED) is 0.841. The third-order valence-electron chi connectivity index (χ3n) is 5.63. The van der Waals surface area contributed by atoms with E-state index in [1.54, 1.807) is 0 Å². The van der Waals surface area contributed by atoms with Crippen LogP contribution in [0.5, 0.6) is 0 Å². The van der Waals surface area contributed by atoms with Gasteiger partial charge in [0, 0.05) is 39.1 Å². The molecule has 28 heavy (non-hydrogen) atoms. The van der Waals surface area contributed by atoms with E-state index < -0.39 is 0 Å². The largest absolute Gasteiger partial charge is 0.338 e. The van der Waals surface area contributed by atoms with E-state index in [9.17, 15) is 4.79 Å².